The summed E-state index contributed by atoms with van der Waals surface area (Å²) in [6.45, 7) is 0.700. The molecular formula is C16H16ClNOS. The molecule has 20 heavy (non-hydrogen) atoms. The van der Waals surface area contributed by atoms with E-state index < -0.39 is 0 Å². The highest BCUT2D eigenvalue weighted by Crippen LogP contribution is 2.43. The number of nitrogens with one attached hydrogen (secondary N) is 1. The van der Waals surface area contributed by atoms with Crippen LogP contribution in [-0.4, -0.2) is 12.5 Å². The van der Waals surface area contributed by atoms with E-state index in [0.29, 0.717) is 6.54 Å². The van der Waals surface area contributed by atoms with E-state index in [4.69, 9.17) is 11.6 Å². The van der Waals surface area contributed by atoms with Gasteiger partial charge < -0.3 is 5.32 Å². The Hall–Kier alpha value is -1.32. The number of carbonyl (C=O) groups excluding carboxylic acids is 1. The minimum Gasteiger partial charge on any atom is -0.350 e. The summed E-state index contributed by atoms with van der Waals surface area (Å²) in [4.78, 5) is 12.8. The van der Waals surface area contributed by atoms with Crippen LogP contribution in [0.25, 0.3) is 0 Å². The Labute approximate surface area is 127 Å². The van der Waals surface area contributed by atoms with Gasteiger partial charge in [0.1, 0.15) is 0 Å². The largest absolute Gasteiger partial charge is 0.350 e. The molecule has 0 atom stereocenters. The van der Waals surface area contributed by atoms with Crippen LogP contribution in [0.2, 0.25) is 5.02 Å². The Bertz CT molecular complexity index is 587. The summed E-state index contributed by atoms with van der Waals surface area (Å²) >= 11 is 7.43. The Morgan fingerprint density at radius 1 is 1.25 bits per heavy atom. The molecule has 0 bridgehead atoms. The lowest BCUT2D eigenvalue weighted by molar-refractivity contribution is 0.0932. The molecule has 1 aliphatic rings. The molecule has 1 aromatic carbocycles. The molecular weight excluding hydrogens is 290 g/mol. The lowest BCUT2D eigenvalue weighted by Crippen LogP contribution is -2.45. The molecule has 1 fully saturated rings. The van der Waals surface area contributed by atoms with Gasteiger partial charge in [-0.1, -0.05) is 36.2 Å². The second-order valence-electron chi connectivity index (χ2n) is 5.30. The number of carbonyl (C=O) groups is 1. The zero-order chi connectivity index (χ0) is 14.0. The number of rotatable bonds is 4. The van der Waals surface area contributed by atoms with Gasteiger partial charge in [-0.2, -0.15) is 0 Å². The first-order chi connectivity index (χ1) is 9.70. The maximum atomic E-state index is 12.1. The van der Waals surface area contributed by atoms with Crippen molar-refractivity contribution in [1.82, 2.24) is 5.32 Å². The van der Waals surface area contributed by atoms with Crippen molar-refractivity contribution in [2.75, 3.05) is 6.54 Å². The summed E-state index contributed by atoms with van der Waals surface area (Å²) in [5, 5.41) is 5.76. The van der Waals surface area contributed by atoms with Crippen LogP contribution in [0, 0.1) is 0 Å². The van der Waals surface area contributed by atoms with Gasteiger partial charge in [0.05, 0.1) is 4.88 Å². The normalized spacial score (nSPS) is 16.4. The second-order valence-corrected chi connectivity index (χ2v) is 6.68. The van der Waals surface area contributed by atoms with E-state index in [1.807, 2.05) is 29.6 Å². The van der Waals surface area contributed by atoms with E-state index in [1.165, 1.54) is 23.3 Å². The van der Waals surface area contributed by atoms with Crippen molar-refractivity contribution in [3.63, 3.8) is 0 Å². The first-order valence-electron chi connectivity index (χ1n) is 6.77. The highest BCUT2D eigenvalue weighted by molar-refractivity contribution is 7.12. The van der Waals surface area contributed by atoms with Crippen LogP contribution >= 0.6 is 22.9 Å². The van der Waals surface area contributed by atoms with E-state index in [-0.39, 0.29) is 11.3 Å². The second kappa shape index (κ2) is 5.58. The van der Waals surface area contributed by atoms with Gasteiger partial charge in [-0.25, -0.2) is 0 Å². The molecule has 1 saturated carbocycles. The minimum atomic E-state index is 0.0280. The van der Waals surface area contributed by atoms with Crippen molar-refractivity contribution in [3.05, 3.63) is 57.2 Å². The van der Waals surface area contributed by atoms with Crippen molar-refractivity contribution in [2.24, 2.45) is 0 Å². The summed E-state index contributed by atoms with van der Waals surface area (Å²) in [5.74, 6) is 0.0280. The smallest absolute Gasteiger partial charge is 0.261 e. The molecule has 0 spiro atoms. The third-order valence-corrected chi connectivity index (χ3v) is 5.22. The first kappa shape index (κ1) is 13.7. The highest BCUT2D eigenvalue weighted by Gasteiger charge is 2.38. The molecule has 0 radical (unpaired) electrons. The molecule has 1 amide bonds. The maximum absolute atomic E-state index is 12.1. The third-order valence-electron chi connectivity index (χ3n) is 4.10. The van der Waals surface area contributed by atoms with Crippen LogP contribution in [0.3, 0.4) is 0 Å². The van der Waals surface area contributed by atoms with Crippen LogP contribution in [0.4, 0.5) is 0 Å². The van der Waals surface area contributed by atoms with E-state index >= 15 is 0 Å². The monoisotopic (exact) mass is 305 g/mol. The zero-order valence-corrected chi connectivity index (χ0v) is 12.6. The summed E-state index contributed by atoms with van der Waals surface area (Å²) in [6.07, 6.45) is 3.47. The molecule has 3 rings (SSSR count). The van der Waals surface area contributed by atoms with Crippen LogP contribution < -0.4 is 5.32 Å². The number of halogens is 1. The Morgan fingerprint density at radius 2 is 2.00 bits per heavy atom. The van der Waals surface area contributed by atoms with Gasteiger partial charge in [0.2, 0.25) is 0 Å². The van der Waals surface area contributed by atoms with Crippen LogP contribution in [0.5, 0.6) is 0 Å². The van der Waals surface area contributed by atoms with Crippen molar-refractivity contribution in [1.29, 1.82) is 0 Å². The van der Waals surface area contributed by atoms with Gasteiger partial charge in [-0.15, -0.1) is 11.3 Å². The molecule has 0 aliphatic heterocycles. The SMILES string of the molecule is O=C(NCC1(c2ccc(Cl)cc2)CCC1)c1cccs1. The summed E-state index contributed by atoms with van der Waals surface area (Å²) in [7, 11) is 0. The van der Waals surface area contributed by atoms with Crippen LogP contribution in [0.1, 0.15) is 34.5 Å². The number of benzene rings is 1. The molecule has 2 nitrogen and oxygen atoms in total. The van der Waals surface area contributed by atoms with Gasteiger partial charge >= 0.3 is 0 Å². The quantitative estimate of drug-likeness (QED) is 0.899. The first-order valence-corrected chi connectivity index (χ1v) is 8.03. The van der Waals surface area contributed by atoms with Crippen molar-refractivity contribution in [2.45, 2.75) is 24.7 Å². The average molecular weight is 306 g/mol. The van der Waals surface area contributed by atoms with Crippen molar-refractivity contribution in [3.8, 4) is 0 Å². The predicted octanol–water partition coefficient (Wildman–Crippen LogP) is 4.25. The van der Waals surface area contributed by atoms with Crippen LogP contribution in [0.15, 0.2) is 41.8 Å². The molecule has 1 aliphatic carbocycles. The molecule has 1 N–H and O–H groups in total. The fourth-order valence-corrected chi connectivity index (χ4v) is 3.48. The fourth-order valence-electron chi connectivity index (χ4n) is 2.72. The van der Waals surface area contributed by atoms with Gasteiger partial charge in [-0.3, -0.25) is 4.79 Å². The highest BCUT2D eigenvalue weighted by atomic mass is 35.5. The molecule has 1 heterocycles. The maximum Gasteiger partial charge on any atom is 0.261 e. The van der Waals surface area contributed by atoms with Gasteiger partial charge in [-0.05, 0) is 42.0 Å². The molecule has 104 valence electrons. The topological polar surface area (TPSA) is 29.1 Å². The molecule has 4 heteroatoms. The van der Waals surface area contributed by atoms with Crippen LogP contribution in [-0.2, 0) is 5.41 Å². The zero-order valence-electron chi connectivity index (χ0n) is 11.1. The Morgan fingerprint density at radius 3 is 2.55 bits per heavy atom. The Balaban J connectivity index is 1.70. The third kappa shape index (κ3) is 2.60. The summed E-state index contributed by atoms with van der Waals surface area (Å²) < 4.78 is 0. The van der Waals surface area contributed by atoms with Crippen molar-refractivity contribution < 1.29 is 4.79 Å². The van der Waals surface area contributed by atoms with Crippen molar-refractivity contribution >= 4 is 28.8 Å². The average Bonchev–Trinajstić information content (AvgIpc) is 2.93. The van der Waals surface area contributed by atoms with E-state index in [2.05, 4.69) is 17.4 Å². The van der Waals surface area contributed by atoms with E-state index in [1.54, 1.807) is 0 Å². The minimum absolute atomic E-state index is 0.0280. The van der Waals surface area contributed by atoms with Gasteiger partial charge in [0.15, 0.2) is 0 Å². The number of hydrogen-bond donors (Lipinski definition) is 1. The fraction of sp³-hybridized carbons (Fsp3) is 0.312. The lowest BCUT2D eigenvalue weighted by atomic mass is 9.64. The molecule has 0 saturated heterocycles. The Kier molecular flexibility index (Phi) is 3.81. The summed E-state index contributed by atoms with van der Waals surface area (Å²) in [5.41, 5.74) is 1.37. The number of thiophene rings is 1. The number of hydrogen-bond acceptors (Lipinski definition) is 2. The standard InChI is InChI=1S/C16H16ClNOS/c17-13-6-4-12(5-7-13)16(8-2-9-16)11-18-15(19)14-3-1-10-20-14/h1,3-7,10H,2,8-9,11H2,(H,18,19). The van der Waals surface area contributed by atoms with Gasteiger partial charge in [0.25, 0.3) is 5.91 Å². The van der Waals surface area contributed by atoms with E-state index in [0.717, 1.165) is 22.7 Å². The summed E-state index contributed by atoms with van der Waals surface area (Å²) in [6, 6.07) is 11.8. The molecule has 0 unspecified atom stereocenters. The molecule has 2 aromatic rings. The number of amides is 1. The van der Waals surface area contributed by atoms with Gasteiger partial charge in [0, 0.05) is 17.0 Å². The molecule has 1 aromatic heterocycles. The lowest BCUT2D eigenvalue weighted by Gasteiger charge is -2.42. The predicted molar refractivity (Wildman–Crippen MR) is 83.6 cm³/mol. The van der Waals surface area contributed by atoms with E-state index in [9.17, 15) is 4.79 Å².